The number of nitrogens with one attached hydrogen (secondary N) is 1. The summed E-state index contributed by atoms with van der Waals surface area (Å²) >= 11 is 0. The molecule has 0 aliphatic heterocycles. The molecule has 0 spiro atoms. The molecule has 0 saturated heterocycles. The van der Waals surface area contributed by atoms with Gasteiger partial charge in [-0.2, -0.15) is 5.26 Å². The average Bonchev–Trinajstić information content (AvgIpc) is 2.47. The molecule has 0 radical (unpaired) electrons. The van der Waals surface area contributed by atoms with E-state index in [1.165, 1.54) is 6.33 Å². The SMILES string of the molecule is CNc1ncnc(N(C)c2cccc(C#N)c2)c1C. The van der Waals surface area contributed by atoms with Crippen LogP contribution in [0.5, 0.6) is 0 Å². The van der Waals surface area contributed by atoms with Gasteiger partial charge in [-0.25, -0.2) is 9.97 Å². The highest BCUT2D eigenvalue weighted by molar-refractivity contribution is 5.67. The largest absolute Gasteiger partial charge is 0.373 e. The van der Waals surface area contributed by atoms with E-state index in [0.29, 0.717) is 5.56 Å². The lowest BCUT2D eigenvalue weighted by molar-refractivity contribution is 1.05. The predicted octanol–water partition coefficient (Wildman–Crippen LogP) is 2.47. The van der Waals surface area contributed by atoms with Crippen LogP contribution >= 0.6 is 0 Å². The van der Waals surface area contributed by atoms with Gasteiger partial charge in [0.15, 0.2) is 0 Å². The lowest BCUT2D eigenvalue weighted by atomic mass is 10.2. The van der Waals surface area contributed by atoms with Crippen molar-refractivity contribution in [1.29, 1.82) is 5.26 Å². The zero-order chi connectivity index (χ0) is 13.8. The molecule has 96 valence electrons. The van der Waals surface area contributed by atoms with Crippen molar-refractivity contribution in [3.63, 3.8) is 0 Å². The fourth-order valence-corrected chi connectivity index (χ4v) is 1.94. The zero-order valence-corrected chi connectivity index (χ0v) is 11.2. The summed E-state index contributed by atoms with van der Waals surface area (Å²) in [6.45, 7) is 1.96. The van der Waals surface area contributed by atoms with Crippen LogP contribution in [0.4, 0.5) is 17.3 Å². The molecule has 0 saturated carbocycles. The molecule has 1 N–H and O–H groups in total. The minimum atomic E-state index is 0.630. The number of nitriles is 1. The number of anilines is 3. The van der Waals surface area contributed by atoms with Crippen LogP contribution in [0.3, 0.4) is 0 Å². The maximum absolute atomic E-state index is 8.95. The molecular weight excluding hydrogens is 238 g/mol. The topological polar surface area (TPSA) is 64.8 Å². The van der Waals surface area contributed by atoms with E-state index in [9.17, 15) is 0 Å². The van der Waals surface area contributed by atoms with Crippen LogP contribution in [0.2, 0.25) is 0 Å². The van der Waals surface area contributed by atoms with Crippen molar-refractivity contribution in [1.82, 2.24) is 9.97 Å². The Labute approximate surface area is 112 Å². The molecule has 0 fully saturated rings. The van der Waals surface area contributed by atoms with Crippen molar-refractivity contribution in [2.75, 3.05) is 24.3 Å². The lowest BCUT2D eigenvalue weighted by Crippen LogP contribution is -2.14. The van der Waals surface area contributed by atoms with Crippen molar-refractivity contribution in [3.8, 4) is 6.07 Å². The van der Waals surface area contributed by atoms with Crippen LogP contribution in [0.1, 0.15) is 11.1 Å². The third-order valence-corrected chi connectivity index (χ3v) is 2.97. The monoisotopic (exact) mass is 253 g/mol. The second-order valence-electron chi connectivity index (χ2n) is 4.14. The smallest absolute Gasteiger partial charge is 0.141 e. The third-order valence-electron chi connectivity index (χ3n) is 2.97. The van der Waals surface area contributed by atoms with Gasteiger partial charge in [-0.15, -0.1) is 0 Å². The van der Waals surface area contributed by atoms with Gasteiger partial charge in [-0.05, 0) is 25.1 Å². The first-order chi connectivity index (χ1) is 9.17. The highest BCUT2D eigenvalue weighted by Gasteiger charge is 2.12. The van der Waals surface area contributed by atoms with Crippen molar-refractivity contribution >= 4 is 17.3 Å². The van der Waals surface area contributed by atoms with E-state index in [1.54, 1.807) is 6.07 Å². The Morgan fingerprint density at radius 1 is 1.32 bits per heavy atom. The first-order valence-corrected chi connectivity index (χ1v) is 5.90. The van der Waals surface area contributed by atoms with Crippen LogP contribution in [0.25, 0.3) is 0 Å². The lowest BCUT2D eigenvalue weighted by Gasteiger charge is -2.21. The number of hydrogen-bond donors (Lipinski definition) is 1. The van der Waals surface area contributed by atoms with Crippen LogP contribution in [-0.2, 0) is 0 Å². The number of benzene rings is 1. The summed E-state index contributed by atoms with van der Waals surface area (Å²) in [5, 5.41) is 12.0. The van der Waals surface area contributed by atoms with Crippen LogP contribution < -0.4 is 10.2 Å². The second-order valence-corrected chi connectivity index (χ2v) is 4.14. The van der Waals surface area contributed by atoms with Gasteiger partial charge in [-0.1, -0.05) is 6.07 Å². The Bertz CT molecular complexity index is 630. The average molecular weight is 253 g/mol. The molecule has 0 amide bonds. The molecule has 2 rings (SSSR count). The normalized spacial score (nSPS) is 9.79. The summed E-state index contributed by atoms with van der Waals surface area (Å²) in [6.07, 6.45) is 1.53. The highest BCUT2D eigenvalue weighted by Crippen LogP contribution is 2.27. The summed E-state index contributed by atoms with van der Waals surface area (Å²) in [6, 6.07) is 9.56. The molecule has 19 heavy (non-hydrogen) atoms. The van der Waals surface area contributed by atoms with E-state index in [-0.39, 0.29) is 0 Å². The quantitative estimate of drug-likeness (QED) is 0.910. The minimum Gasteiger partial charge on any atom is -0.373 e. The van der Waals surface area contributed by atoms with Gasteiger partial charge in [-0.3, -0.25) is 0 Å². The van der Waals surface area contributed by atoms with E-state index in [1.807, 2.05) is 44.1 Å². The van der Waals surface area contributed by atoms with Gasteiger partial charge in [0.25, 0.3) is 0 Å². The Kier molecular flexibility index (Phi) is 3.62. The van der Waals surface area contributed by atoms with Gasteiger partial charge < -0.3 is 10.2 Å². The van der Waals surface area contributed by atoms with E-state index in [4.69, 9.17) is 5.26 Å². The second kappa shape index (κ2) is 5.36. The van der Waals surface area contributed by atoms with Crippen LogP contribution in [-0.4, -0.2) is 24.1 Å². The van der Waals surface area contributed by atoms with E-state index in [0.717, 1.165) is 22.9 Å². The first kappa shape index (κ1) is 12.8. The van der Waals surface area contributed by atoms with Crippen molar-refractivity contribution < 1.29 is 0 Å². The molecule has 0 aliphatic carbocycles. The summed E-state index contributed by atoms with van der Waals surface area (Å²) < 4.78 is 0. The van der Waals surface area contributed by atoms with Gasteiger partial charge >= 0.3 is 0 Å². The van der Waals surface area contributed by atoms with E-state index < -0.39 is 0 Å². The first-order valence-electron chi connectivity index (χ1n) is 5.90. The van der Waals surface area contributed by atoms with E-state index in [2.05, 4.69) is 21.4 Å². The summed E-state index contributed by atoms with van der Waals surface area (Å²) in [4.78, 5) is 10.4. The van der Waals surface area contributed by atoms with Crippen LogP contribution in [0, 0.1) is 18.3 Å². The molecule has 5 heteroatoms. The van der Waals surface area contributed by atoms with Crippen molar-refractivity contribution in [2.24, 2.45) is 0 Å². The standard InChI is InChI=1S/C14H15N5/c1-10-13(16-2)17-9-18-14(10)19(3)12-6-4-5-11(7-12)8-15/h4-7,9H,1-3H3,(H,16,17,18). The molecule has 1 heterocycles. The molecule has 0 atom stereocenters. The molecule has 0 aliphatic rings. The van der Waals surface area contributed by atoms with Crippen molar-refractivity contribution in [3.05, 3.63) is 41.7 Å². The summed E-state index contributed by atoms with van der Waals surface area (Å²) in [7, 11) is 3.75. The van der Waals surface area contributed by atoms with Crippen molar-refractivity contribution in [2.45, 2.75) is 6.92 Å². The van der Waals surface area contributed by atoms with Crippen LogP contribution in [0.15, 0.2) is 30.6 Å². The third kappa shape index (κ3) is 2.47. The Morgan fingerprint density at radius 3 is 2.79 bits per heavy atom. The maximum Gasteiger partial charge on any atom is 0.141 e. The fourth-order valence-electron chi connectivity index (χ4n) is 1.94. The highest BCUT2D eigenvalue weighted by atomic mass is 15.2. The van der Waals surface area contributed by atoms with Gasteiger partial charge in [0, 0.05) is 25.3 Å². The Balaban J connectivity index is 2.44. The fraction of sp³-hybridized carbons (Fsp3) is 0.214. The number of rotatable bonds is 3. The van der Waals surface area contributed by atoms with E-state index >= 15 is 0 Å². The molecule has 1 aromatic heterocycles. The number of nitrogens with zero attached hydrogens (tertiary/aromatic N) is 4. The summed E-state index contributed by atoms with van der Waals surface area (Å²) in [5.74, 6) is 1.61. The zero-order valence-electron chi connectivity index (χ0n) is 11.2. The Morgan fingerprint density at radius 2 is 2.11 bits per heavy atom. The molecule has 0 unspecified atom stereocenters. The Hall–Kier alpha value is -2.61. The molecule has 0 bridgehead atoms. The van der Waals surface area contributed by atoms with Gasteiger partial charge in [0.1, 0.15) is 18.0 Å². The maximum atomic E-state index is 8.95. The molecule has 2 aromatic rings. The molecule has 5 nitrogen and oxygen atoms in total. The van der Waals surface area contributed by atoms with Gasteiger partial charge in [0.05, 0.1) is 11.6 Å². The molecular formula is C14H15N5. The number of hydrogen-bond acceptors (Lipinski definition) is 5. The number of aromatic nitrogens is 2. The molecule has 1 aromatic carbocycles. The minimum absolute atomic E-state index is 0.630. The predicted molar refractivity (Wildman–Crippen MR) is 75.5 cm³/mol. The summed E-state index contributed by atoms with van der Waals surface area (Å²) in [5.41, 5.74) is 2.52. The van der Waals surface area contributed by atoms with Gasteiger partial charge in [0.2, 0.25) is 0 Å².